The zero-order valence-electron chi connectivity index (χ0n) is 12.9. The summed E-state index contributed by atoms with van der Waals surface area (Å²) >= 11 is 0. The van der Waals surface area contributed by atoms with Crippen LogP contribution in [0.3, 0.4) is 0 Å². The third-order valence-electron chi connectivity index (χ3n) is 3.70. The van der Waals surface area contributed by atoms with E-state index in [1.165, 1.54) is 18.6 Å². The van der Waals surface area contributed by atoms with E-state index in [1.807, 2.05) is 19.1 Å². The molecule has 0 aliphatic rings. The van der Waals surface area contributed by atoms with Gasteiger partial charge in [-0.15, -0.1) is 0 Å². The second-order valence-electron chi connectivity index (χ2n) is 5.53. The Morgan fingerprint density at radius 2 is 1.96 bits per heavy atom. The summed E-state index contributed by atoms with van der Waals surface area (Å²) in [7, 11) is 0. The normalized spacial score (nSPS) is 12.0. The van der Waals surface area contributed by atoms with Crippen molar-refractivity contribution in [3.05, 3.63) is 60.2 Å². The Morgan fingerprint density at radius 3 is 2.72 bits per heavy atom. The van der Waals surface area contributed by atoms with Gasteiger partial charge in [-0.1, -0.05) is 6.07 Å². The number of fused-ring (bicyclic) bond motifs is 1. The fourth-order valence-corrected chi connectivity index (χ4v) is 2.51. The molecule has 0 saturated carbocycles. The maximum absolute atomic E-state index is 12.8. The van der Waals surface area contributed by atoms with Crippen molar-refractivity contribution >= 4 is 11.1 Å². The number of hydrogen-bond donors (Lipinski definition) is 0. The number of halogens is 3. The van der Waals surface area contributed by atoms with Gasteiger partial charge in [0, 0.05) is 12.4 Å². The summed E-state index contributed by atoms with van der Waals surface area (Å²) in [6, 6.07) is 8.11. The van der Waals surface area contributed by atoms with Crippen LogP contribution < -0.4 is 0 Å². The van der Waals surface area contributed by atoms with E-state index in [4.69, 9.17) is 4.42 Å². The molecule has 0 radical (unpaired) electrons. The van der Waals surface area contributed by atoms with Gasteiger partial charge in [0.05, 0.1) is 17.4 Å². The number of nitrogens with zero attached hydrogens (tertiary/aromatic N) is 4. The lowest BCUT2D eigenvalue weighted by atomic mass is 10.2. The molecule has 8 heteroatoms. The quantitative estimate of drug-likeness (QED) is 0.541. The summed E-state index contributed by atoms with van der Waals surface area (Å²) in [5.41, 5.74) is 2.18. The smallest absolute Gasteiger partial charge is 0.435 e. The molecule has 0 N–H and O–H groups in total. The van der Waals surface area contributed by atoms with Crippen molar-refractivity contribution in [2.45, 2.75) is 13.1 Å². The molecule has 4 aromatic rings. The number of aryl methyl sites for hydroxylation is 1. The Labute approximate surface area is 139 Å². The molecule has 126 valence electrons. The van der Waals surface area contributed by atoms with Crippen LogP contribution in [0.4, 0.5) is 13.2 Å². The average Bonchev–Trinajstić information content (AvgIpc) is 3.21. The molecule has 0 fully saturated rings. The predicted molar refractivity (Wildman–Crippen MR) is 84.1 cm³/mol. The molecule has 1 aromatic carbocycles. The second-order valence-corrected chi connectivity index (χ2v) is 5.53. The van der Waals surface area contributed by atoms with E-state index in [2.05, 4.69) is 15.1 Å². The molecule has 4 rings (SSSR count). The molecule has 0 spiro atoms. The molecule has 0 amide bonds. The summed E-state index contributed by atoms with van der Waals surface area (Å²) in [4.78, 5) is 8.40. The molecule has 0 bridgehead atoms. The first-order valence-electron chi connectivity index (χ1n) is 7.36. The lowest BCUT2D eigenvalue weighted by Gasteiger charge is -2.06. The van der Waals surface area contributed by atoms with Crippen LogP contribution in [0.1, 0.15) is 11.3 Å². The van der Waals surface area contributed by atoms with E-state index in [0.29, 0.717) is 28.2 Å². The summed E-state index contributed by atoms with van der Waals surface area (Å²) in [6.07, 6.45) is -0.339. The van der Waals surface area contributed by atoms with E-state index in [1.54, 1.807) is 12.1 Å². The van der Waals surface area contributed by atoms with Gasteiger partial charge in [0.2, 0.25) is 5.89 Å². The number of pyridine rings is 1. The van der Waals surface area contributed by atoms with Gasteiger partial charge in [-0.25, -0.2) is 9.67 Å². The molecule has 3 aromatic heterocycles. The first-order valence-corrected chi connectivity index (χ1v) is 7.36. The summed E-state index contributed by atoms with van der Waals surface area (Å²) in [5.74, 6) is 0.294. The first kappa shape index (κ1) is 15.4. The van der Waals surface area contributed by atoms with Crippen LogP contribution in [-0.4, -0.2) is 19.7 Å². The standard InChI is InChI=1S/C17H11F3N4O/c1-10-2-3-14-12(8-10)22-16(25-14)11-4-6-21-9-13(11)24-7-5-15(23-24)17(18,19)20/h2-9H,1H3. The van der Waals surface area contributed by atoms with Crippen LogP contribution in [-0.2, 0) is 6.18 Å². The summed E-state index contributed by atoms with van der Waals surface area (Å²) < 4.78 is 45.2. The third kappa shape index (κ3) is 2.75. The van der Waals surface area contributed by atoms with Crippen LogP contribution >= 0.6 is 0 Å². The fourth-order valence-electron chi connectivity index (χ4n) is 2.51. The lowest BCUT2D eigenvalue weighted by Crippen LogP contribution is -2.07. The molecule has 0 saturated heterocycles. The summed E-state index contributed by atoms with van der Waals surface area (Å²) in [5, 5.41) is 3.59. The highest BCUT2D eigenvalue weighted by molar-refractivity contribution is 5.78. The molecular formula is C17H11F3N4O. The highest BCUT2D eigenvalue weighted by Gasteiger charge is 2.33. The van der Waals surface area contributed by atoms with Gasteiger partial charge >= 0.3 is 6.18 Å². The Balaban J connectivity index is 1.84. The zero-order valence-corrected chi connectivity index (χ0v) is 12.9. The van der Waals surface area contributed by atoms with Gasteiger partial charge in [-0.2, -0.15) is 18.3 Å². The zero-order chi connectivity index (χ0) is 17.6. The molecule has 0 aliphatic carbocycles. The van der Waals surface area contributed by atoms with E-state index in [-0.39, 0.29) is 0 Å². The van der Waals surface area contributed by atoms with Crippen molar-refractivity contribution in [2.75, 3.05) is 0 Å². The number of aromatic nitrogens is 4. The minimum atomic E-state index is -4.51. The Bertz CT molecular complexity index is 1070. The largest absolute Gasteiger partial charge is 0.436 e. The molecule has 3 heterocycles. The van der Waals surface area contributed by atoms with Crippen LogP contribution in [0.15, 0.2) is 53.3 Å². The molecule has 5 nitrogen and oxygen atoms in total. The predicted octanol–water partition coefficient (Wildman–Crippen LogP) is 4.40. The monoisotopic (exact) mass is 344 g/mol. The van der Waals surface area contributed by atoms with E-state index in [9.17, 15) is 13.2 Å². The Morgan fingerprint density at radius 1 is 1.12 bits per heavy atom. The van der Waals surface area contributed by atoms with Gasteiger partial charge in [-0.3, -0.25) is 4.98 Å². The highest BCUT2D eigenvalue weighted by Crippen LogP contribution is 2.31. The Hall–Kier alpha value is -3.16. The van der Waals surface area contributed by atoms with E-state index in [0.717, 1.165) is 16.3 Å². The molecule has 25 heavy (non-hydrogen) atoms. The van der Waals surface area contributed by atoms with Crippen molar-refractivity contribution in [3.8, 4) is 17.1 Å². The Kier molecular flexibility index (Phi) is 3.34. The van der Waals surface area contributed by atoms with E-state index < -0.39 is 11.9 Å². The van der Waals surface area contributed by atoms with Crippen LogP contribution in [0.2, 0.25) is 0 Å². The first-order chi connectivity index (χ1) is 11.9. The lowest BCUT2D eigenvalue weighted by molar-refractivity contribution is -0.141. The van der Waals surface area contributed by atoms with Gasteiger partial charge in [0.15, 0.2) is 11.3 Å². The minimum Gasteiger partial charge on any atom is -0.436 e. The van der Waals surface area contributed by atoms with Gasteiger partial charge < -0.3 is 4.42 Å². The fraction of sp³-hybridized carbons (Fsp3) is 0.118. The third-order valence-corrected chi connectivity index (χ3v) is 3.70. The second kappa shape index (κ2) is 5.44. The van der Waals surface area contributed by atoms with Crippen LogP contribution in [0.5, 0.6) is 0 Å². The molecule has 0 unspecified atom stereocenters. The van der Waals surface area contributed by atoms with Crippen LogP contribution in [0, 0.1) is 6.92 Å². The topological polar surface area (TPSA) is 56.7 Å². The van der Waals surface area contributed by atoms with Crippen molar-refractivity contribution in [3.63, 3.8) is 0 Å². The van der Waals surface area contributed by atoms with E-state index >= 15 is 0 Å². The van der Waals surface area contributed by atoms with Gasteiger partial charge in [0.1, 0.15) is 5.52 Å². The van der Waals surface area contributed by atoms with Crippen molar-refractivity contribution < 1.29 is 17.6 Å². The summed E-state index contributed by atoms with van der Waals surface area (Å²) in [6.45, 7) is 1.94. The molecule has 0 aliphatic heterocycles. The maximum atomic E-state index is 12.8. The number of alkyl halides is 3. The average molecular weight is 344 g/mol. The number of benzene rings is 1. The van der Waals surface area contributed by atoms with Crippen molar-refractivity contribution in [2.24, 2.45) is 0 Å². The number of rotatable bonds is 2. The maximum Gasteiger partial charge on any atom is 0.435 e. The van der Waals surface area contributed by atoms with Crippen LogP contribution in [0.25, 0.3) is 28.2 Å². The minimum absolute atomic E-state index is 0.294. The number of hydrogen-bond acceptors (Lipinski definition) is 4. The van der Waals surface area contributed by atoms with Gasteiger partial charge in [0.25, 0.3) is 0 Å². The van der Waals surface area contributed by atoms with Crippen molar-refractivity contribution in [1.82, 2.24) is 19.7 Å². The SMILES string of the molecule is Cc1ccc2oc(-c3ccncc3-n3ccc(C(F)(F)F)n3)nc2c1. The number of oxazole rings is 1. The van der Waals surface area contributed by atoms with Gasteiger partial charge in [-0.05, 0) is 36.8 Å². The molecular weight excluding hydrogens is 333 g/mol. The molecule has 0 atom stereocenters. The van der Waals surface area contributed by atoms with Crippen molar-refractivity contribution in [1.29, 1.82) is 0 Å². The highest BCUT2D eigenvalue weighted by atomic mass is 19.4.